The zero-order chi connectivity index (χ0) is 22.8. The summed E-state index contributed by atoms with van der Waals surface area (Å²) in [5.41, 5.74) is 7.70. The number of methoxy groups -OCH3 is 1. The fourth-order valence-electron chi connectivity index (χ4n) is 3.36. The number of amides is 1. The summed E-state index contributed by atoms with van der Waals surface area (Å²) in [4.78, 5) is 31.4. The molecule has 1 aromatic heterocycles. The number of nitrogens with two attached hydrogens (primary N) is 1. The van der Waals surface area contributed by atoms with Crippen LogP contribution in [0.25, 0.3) is 10.9 Å². The molecular formula is C24H19N3O5. The van der Waals surface area contributed by atoms with Crippen molar-refractivity contribution in [3.05, 3.63) is 82.9 Å². The molecule has 4 rings (SSSR count). The highest BCUT2D eigenvalue weighted by molar-refractivity contribution is 6.12. The minimum Gasteiger partial charge on any atom is -0.504 e. The number of rotatable bonds is 6. The molecule has 1 amide bonds. The summed E-state index contributed by atoms with van der Waals surface area (Å²) < 4.78 is 5.01. The van der Waals surface area contributed by atoms with Crippen molar-refractivity contribution < 1.29 is 24.5 Å². The topological polar surface area (TPSA) is 138 Å². The van der Waals surface area contributed by atoms with E-state index >= 15 is 0 Å². The van der Waals surface area contributed by atoms with Crippen LogP contribution >= 0.6 is 0 Å². The maximum absolute atomic E-state index is 12.9. The Morgan fingerprint density at radius 2 is 1.75 bits per heavy atom. The number of nitrogens with one attached hydrogen (secondary N) is 1. The molecule has 0 saturated carbocycles. The number of phenols is 1. The number of hydrogen-bond donors (Lipinski definition) is 4. The number of ketones is 1. The molecule has 0 bridgehead atoms. The van der Waals surface area contributed by atoms with Crippen molar-refractivity contribution >= 4 is 34.5 Å². The highest BCUT2D eigenvalue weighted by atomic mass is 16.5. The van der Waals surface area contributed by atoms with Gasteiger partial charge in [-0.2, -0.15) is 0 Å². The van der Waals surface area contributed by atoms with Gasteiger partial charge in [0.25, 0.3) is 0 Å². The normalized spacial score (nSPS) is 11.2. The van der Waals surface area contributed by atoms with Crippen LogP contribution in [0.1, 0.15) is 31.8 Å². The third kappa shape index (κ3) is 3.89. The largest absolute Gasteiger partial charge is 0.504 e. The molecule has 3 aromatic carbocycles. The SMILES string of the molecule is COc1ccc(N=Cc2c(O)[nH]c3cc(C(=O)c4cccc(C(N)=O)c4)ccc23)cc1O. The fourth-order valence-corrected chi connectivity index (χ4v) is 3.36. The van der Waals surface area contributed by atoms with Crippen LogP contribution < -0.4 is 10.5 Å². The van der Waals surface area contributed by atoms with Gasteiger partial charge in [0.1, 0.15) is 0 Å². The van der Waals surface area contributed by atoms with Crippen LogP contribution in [0.2, 0.25) is 0 Å². The number of nitrogens with zero attached hydrogens (tertiary/aromatic N) is 1. The molecule has 0 spiro atoms. The first-order chi connectivity index (χ1) is 15.4. The molecule has 0 aliphatic carbocycles. The van der Waals surface area contributed by atoms with Gasteiger partial charge >= 0.3 is 0 Å². The molecule has 0 saturated heterocycles. The van der Waals surface area contributed by atoms with Gasteiger partial charge in [-0.3, -0.25) is 14.6 Å². The summed E-state index contributed by atoms with van der Waals surface area (Å²) in [6.07, 6.45) is 1.47. The van der Waals surface area contributed by atoms with E-state index in [-0.39, 0.29) is 23.0 Å². The van der Waals surface area contributed by atoms with Gasteiger partial charge in [0.15, 0.2) is 23.2 Å². The van der Waals surface area contributed by atoms with E-state index in [0.717, 1.165) is 0 Å². The number of carbonyl (C=O) groups excluding carboxylic acids is 2. The lowest BCUT2D eigenvalue weighted by Gasteiger charge is -2.04. The number of primary amides is 1. The molecule has 0 unspecified atom stereocenters. The lowest BCUT2D eigenvalue weighted by atomic mass is 10.00. The van der Waals surface area contributed by atoms with Crippen LogP contribution in [0, 0.1) is 0 Å². The molecule has 0 radical (unpaired) electrons. The number of H-pyrrole nitrogens is 1. The molecule has 8 nitrogen and oxygen atoms in total. The molecule has 0 aliphatic heterocycles. The van der Waals surface area contributed by atoms with Crippen LogP contribution in [0.4, 0.5) is 5.69 Å². The number of aliphatic imine (C=N–C) groups is 1. The molecule has 4 aromatic rings. The van der Waals surface area contributed by atoms with E-state index in [4.69, 9.17) is 10.5 Å². The Kier molecular flexibility index (Phi) is 5.34. The van der Waals surface area contributed by atoms with Crippen molar-refractivity contribution in [1.29, 1.82) is 0 Å². The summed E-state index contributed by atoms with van der Waals surface area (Å²) in [7, 11) is 1.45. The number of ether oxygens (including phenoxy) is 1. The Morgan fingerprint density at radius 3 is 2.47 bits per heavy atom. The van der Waals surface area contributed by atoms with Crippen molar-refractivity contribution in [1.82, 2.24) is 4.98 Å². The first kappa shape index (κ1) is 20.7. The smallest absolute Gasteiger partial charge is 0.248 e. The van der Waals surface area contributed by atoms with E-state index in [9.17, 15) is 19.8 Å². The molecule has 0 fully saturated rings. The second-order valence-corrected chi connectivity index (χ2v) is 7.04. The van der Waals surface area contributed by atoms with Crippen molar-refractivity contribution in [2.24, 2.45) is 10.7 Å². The molecule has 1 heterocycles. The quantitative estimate of drug-likeness (QED) is 0.274. The standard InChI is InChI=1S/C24H19N3O5/c1-32-21-8-6-16(11-20(21)28)26-12-18-17-7-5-14(10-19(17)27-24(18)31)22(29)13-3-2-4-15(9-13)23(25)30/h2-12,27-28,31H,1H3,(H2,25,30). The van der Waals surface area contributed by atoms with Gasteiger partial charge in [-0.1, -0.05) is 24.3 Å². The minimum atomic E-state index is -0.612. The van der Waals surface area contributed by atoms with E-state index < -0.39 is 5.91 Å². The van der Waals surface area contributed by atoms with Crippen LogP contribution in [-0.4, -0.2) is 40.2 Å². The first-order valence-corrected chi connectivity index (χ1v) is 9.57. The van der Waals surface area contributed by atoms with Gasteiger partial charge < -0.3 is 25.7 Å². The number of phenolic OH excluding ortho intramolecular Hbond substituents is 1. The number of aromatic amines is 1. The third-order valence-electron chi connectivity index (χ3n) is 4.99. The summed E-state index contributed by atoms with van der Waals surface area (Å²) in [6.45, 7) is 0. The Labute approximate surface area is 182 Å². The third-order valence-corrected chi connectivity index (χ3v) is 4.99. The van der Waals surface area contributed by atoms with Gasteiger partial charge in [-0.05, 0) is 30.3 Å². The molecular weight excluding hydrogens is 410 g/mol. The van der Waals surface area contributed by atoms with Crippen molar-refractivity contribution in [2.45, 2.75) is 0 Å². The van der Waals surface area contributed by atoms with Crippen LogP contribution in [-0.2, 0) is 0 Å². The summed E-state index contributed by atoms with van der Waals surface area (Å²) in [6, 6.07) is 15.8. The maximum atomic E-state index is 12.9. The molecule has 160 valence electrons. The monoisotopic (exact) mass is 429 g/mol. The van der Waals surface area contributed by atoms with Gasteiger partial charge in [0, 0.05) is 39.9 Å². The maximum Gasteiger partial charge on any atom is 0.248 e. The Bertz CT molecular complexity index is 1390. The number of carbonyl (C=O) groups is 2. The molecule has 32 heavy (non-hydrogen) atoms. The van der Waals surface area contributed by atoms with Gasteiger partial charge in [0.2, 0.25) is 5.91 Å². The summed E-state index contributed by atoms with van der Waals surface area (Å²) in [5.74, 6) is -0.723. The average molecular weight is 429 g/mol. The minimum absolute atomic E-state index is 0.0474. The second-order valence-electron chi connectivity index (χ2n) is 7.04. The molecule has 8 heteroatoms. The fraction of sp³-hybridized carbons (Fsp3) is 0.0417. The Morgan fingerprint density at radius 1 is 1.00 bits per heavy atom. The lowest BCUT2D eigenvalue weighted by molar-refractivity contribution is 0.1000. The predicted molar refractivity (Wildman–Crippen MR) is 120 cm³/mol. The number of fused-ring (bicyclic) bond motifs is 1. The van der Waals surface area contributed by atoms with E-state index in [2.05, 4.69) is 9.98 Å². The molecule has 5 N–H and O–H groups in total. The highest BCUT2D eigenvalue weighted by Crippen LogP contribution is 2.31. The molecule has 0 aliphatic rings. The van der Waals surface area contributed by atoms with Gasteiger partial charge in [-0.25, -0.2) is 0 Å². The Hall–Kier alpha value is -4.59. The van der Waals surface area contributed by atoms with Gasteiger partial charge in [-0.15, -0.1) is 0 Å². The van der Waals surface area contributed by atoms with Crippen LogP contribution in [0.15, 0.2) is 65.7 Å². The van der Waals surface area contributed by atoms with E-state index in [1.54, 1.807) is 48.5 Å². The van der Waals surface area contributed by atoms with Crippen molar-refractivity contribution in [3.8, 4) is 17.4 Å². The van der Waals surface area contributed by atoms with Crippen LogP contribution in [0.5, 0.6) is 17.4 Å². The zero-order valence-electron chi connectivity index (χ0n) is 17.0. The lowest BCUT2D eigenvalue weighted by Crippen LogP contribution is -2.12. The van der Waals surface area contributed by atoms with E-state index in [1.165, 1.54) is 25.5 Å². The highest BCUT2D eigenvalue weighted by Gasteiger charge is 2.15. The number of aromatic hydroxyl groups is 2. The summed E-state index contributed by atoms with van der Waals surface area (Å²) >= 11 is 0. The van der Waals surface area contributed by atoms with Crippen molar-refractivity contribution in [3.63, 3.8) is 0 Å². The number of hydrogen-bond acceptors (Lipinski definition) is 6. The first-order valence-electron chi connectivity index (χ1n) is 9.57. The van der Waals surface area contributed by atoms with E-state index in [1.807, 2.05) is 0 Å². The van der Waals surface area contributed by atoms with Gasteiger partial charge in [0.05, 0.1) is 18.4 Å². The number of aromatic nitrogens is 1. The second kappa shape index (κ2) is 8.27. The average Bonchev–Trinajstić information content (AvgIpc) is 3.11. The number of benzene rings is 3. The Balaban J connectivity index is 1.66. The predicted octanol–water partition coefficient (Wildman–Crippen LogP) is 3.67. The zero-order valence-corrected chi connectivity index (χ0v) is 17.0. The van der Waals surface area contributed by atoms with Crippen molar-refractivity contribution in [2.75, 3.05) is 7.11 Å². The molecule has 0 atom stereocenters. The van der Waals surface area contributed by atoms with Crippen LogP contribution in [0.3, 0.4) is 0 Å². The van der Waals surface area contributed by atoms with E-state index in [0.29, 0.717) is 39.0 Å². The summed E-state index contributed by atoms with van der Waals surface area (Å²) in [5, 5.41) is 20.9.